The predicted molar refractivity (Wildman–Crippen MR) is 51.5 cm³/mol. The van der Waals surface area contributed by atoms with Crippen LogP contribution < -0.4 is 5.32 Å². The average Bonchev–Trinajstić information content (AvgIpc) is 2.18. The molecule has 1 aromatic carbocycles. The molecule has 14 heavy (non-hydrogen) atoms. The topological polar surface area (TPSA) is 72.2 Å². The van der Waals surface area contributed by atoms with Crippen LogP contribution in [-0.2, 0) is 4.79 Å². The maximum Gasteiger partial charge on any atom is 0.298 e. The number of benzene rings is 1. The van der Waals surface area contributed by atoms with Crippen LogP contribution in [0.5, 0.6) is 0 Å². The number of para-hydroxylation sites is 1. The standard InChI is InChI=1S/C9H10N2O3/c1-7(11(13)14)9(12)10-8-5-3-2-4-6-8/h2-7H,1H3,(H,10,12). The van der Waals surface area contributed by atoms with Crippen molar-refractivity contribution in [1.29, 1.82) is 0 Å². The lowest BCUT2D eigenvalue weighted by molar-refractivity contribution is -0.502. The van der Waals surface area contributed by atoms with Crippen molar-refractivity contribution in [2.45, 2.75) is 13.0 Å². The Kier molecular flexibility index (Phi) is 3.17. The van der Waals surface area contributed by atoms with Crippen molar-refractivity contribution in [3.05, 3.63) is 40.4 Å². The van der Waals surface area contributed by atoms with E-state index in [1.54, 1.807) is 30.3 Å². The van der Waals surface area contributed by atoms with E-state index < -0.39 is 16.9 Å². The van der Waals surface area contributed by atoms with Crippen molar-refractivity contribution in [2.75, 3.05) is 5.32 Å². The highest BCUT2D eigenvalue weighted by Gasteiger charge is 2.22. The van der Waals surface area contributed by atoms with Crippen LogP contribution in [0.15, 0.2) is 30.3 Å². The van der Waals surface area contributed by atoms with Gasteiger partial charge in [0.15, 0.2) is 0 Å². The molecule has 1 N–H and O–H groups in total. The van der Waals surface area contributed by atoms with Gasteiger partial charge in [-0.2, -0.15) is 0 Å². The summed E-state index contributed by atoms with van der Waals surface area (Å²) in [7, 11) is 0. The molecule has 1 atom stereocenters. The molecule has 1 rings (SSSR count). The average molecular weight is 194 g/mol. The van der Waals surface area contributed by atoms with E-state index in [0.717, 1.165) is 0 Å². The fourth-order valence-corrected chi connectivity index (χ4v) is 0.864. The summed E-state index contributed by atoms with van der Waals surface area (Å²) in [6, 6.07) is 7.40. The lowest BCUT2D eigenvalue weighted by atomic mass is 10.3. The van der Waals surface area contributed by atoms with Gasteiger partial charge in [-0.3, -0.25) is 14.9 Å². The number of carbonyl (C=O) groups is 1. The summed E-state index contributed by atoms with van der Waals surface area (Å²) in [6.45, 7) is 1.25. The minimum atomic E-state index is -1.23. The van der Waals surface area contributed by atoms with Crippen LogP contribution in [0.4, 0.5) is 5.69 Å². The van der Waals surface area contributed by atoms with E-state index >= 15 is 0 Å². The van der Waals surface area contributed by atoms with Crippen molar-refractivity contribution in [3.63, 3.8) is 0 Å². The number of nitro groups is 1. The monoisotopic (exact) mass is 194 g/mol. The summed E-state index contributed by atoms with van der Waals surface area (Å²) >= 11 is 0. The van der Waals surface area contributed by atoms with Crippen molar-refractivity contribution in [2.24, 2.45) is 0 Å². The van der Waals surface area contributed by atoms with Gasteiger partial charge in [-0.05, 0) is 12.1 Å². The quantitative estimate of drug-likeness (QED) is 0.582. The van der Waals surface area contributed by atoms with Crippen LogP contribution in [-0.4, -0.2) is 16.9 Å². The number of hydrogen-bond acceptors (Lipinski definition) is 3. The Bertz CT molecular complexity index is 337. The molecule has 1 amide bonds. The zero-order valence-electron chi connectivity index (χ0n) is 7.64. The maximum absolute atomic E-state index is 11.2. The summed E-state index contributed by atoms with van der Waals surface area (Å²) in [5.41, 5.74) is 0.561. The zero-order valence-corrected chi connectivity index (χ0v) is 7.64. The summed E-state index contributed by atoms with van der Waals surface area (Å²) < 4.78 is 0. The van der Waals surface area contributed by atoms with E-state index in [9.17, 15) is 14.9 Å². The first-order valence-corrected chi connectivity index (χ1v) is 4.10. The maximum atomic E-state index is 11.2. The Balaban J connectivity index is 2.62. The highest BCUT2D eigenvalue weighted by Crippen LogP contribution is 2.05. The fraction of sp³-hybridized carbons (Fsp3) is 0.222. The molecule has 74 valence electrons. The molecule has 5 nitrogen and oxygen atoms in total. The van der Waals surface area contributed by atoms with E-state index in [0.29, 0.717) is 5.69 Å². The number of hydrogen-bond donors (Lipinski definition) is 1. The van der Waals surface area contributed by atoms with Gasteiger partial charge >= 0.3 is 0 Å². The Labute approximate surface area is 80.9 Å². The molecule has 0 saturated heterocycles. The van der Waals surface area contributed by atoms with Gasteiger partial charge in [0, 0.05) is 17.5 Å². The molecule has 0 aliphatic heterocycles. The van der Waals surface area contributed by atoms with E-state index in [1.807, 2.05) is 0 Å². The smallest absolute Gasteiger partial charge is 0.298 e. The van der Waals surface area contributed by atoms with Crippen molar-refractivity contribution in [3.8, 4) is 0 Å². The normalized spacial score (nSPS) is 11.8. The largest absolute Gasteiger partial charge is 0.320 e. The van der Waals surface area contributed by atoms with Gasteiger partial charge in [-0.25, -0.2) is 0 Å². The molecule has 1 unspecified atom stereocenters. The predicted octanol–water partition coefficient (Wildman–Crippen LogP) is 1.29. The van der Waals surface area contributed by atoms with Crippen molar-refractivity contribution >= 4 is 11.6 Å². The SMILES string of the molecule is CC(C(=O)Nc1ccccc1)[N+](=O)[O-]. The highest BCUT2D eigenvalue weighted by atomic mass is 16.6. The third-order valence-corrected chi connectivity index (χ3v) is 1.74. The number of nitrogens with one attached hydrogen (secondary N) is 1. The molecule has 0 fully saturated rings. The van der Waals surface area contributed by atoms with Gasteiger partial charge in [0.1, 0.15) is 0 Å². The molecule has 1 aromatic rings. The van der Waals surface area contributed by atoms with Gasteiger partial charge in [0.25, 0.3) is 11.9 Å². The second kappa shape index (κ2) is 4.36. The third-order valence-electron chi connectivity index (χ3n) is 1.74. The molecule has 0 bridgehead atoms. The lowest BCUT2D eigenvalue weighted by Crippen LogP contribution is -2.31. The van der Waals surface area contributed by atoms with Gasteiger partial charge in [0.2, 0.25) is 0 Å². The molecule has 0 radical (unpaired) electrons. The first kappa shape index (κ1) is 10.2. The molecule has 0 saturated carbocycles. The van der Waals surface area contributed by atoms with Crippen molar-refractivity contribution in [1.82, 2.24) is 0 Å². The van der Waals surface area contributed by atoms with Crippen LogP contribution in [0, 0.1) is 10.1 Å². The molecule has 0 aliphatic carbocycles. The molecule has 0 aliphatic rings. The molecule has 0 spiro atoms. The second-order valence-corrected chi connectivity index (χ2v) is 2.82. The molecule has 5 heteroatoms. The number of amides is 1. The van der Waals surface area contributed by atoms with Crippen LogP contribution in [0.3, 0.4) is 0 Å². The zero-order chi connectivity index (χ0) is 10.6. The Morgan fingerprint density at radius 2 is 2.00 bits per heavy atom. The molecule has 0 aromatic heterocycles. The molecule has 0 heterocycles. The minimum absolute atomic E-state index is 0.561. The molecular formula is C9H10N2O3. The van der Waals surface area contributed by atoms with E-state index in [-0.39, 0.29) is 0 Å². The summed E-state index contributed by atoms with van der Waals surface area (Å²) in [4.78, 5) is 20.9. The lowest BCUT2D eigenvalue weighted by Gasteiger charge is -2.05. The third kappa shape index (κ3) is 2.55. The van der Waals surface area contributed by atoms with Crippen LogP contribution >= 0.6 is 0 Å². The van der Waals surface area contributed by atoms with Gasteiger partial charge in [-0.15, -0.1) is 0 Å². The van der Waals surface area contributed by atoms with Gasteiger partial charge in [-0.1, -0.05) is 18.2 Å². The highest BCUT2D eigenvalue weighted by molar-refractivity contribution is 5.93. The number of carbonyl (C=O) groups excluding carboxylic acids is 1. The number of anilines is 1. The van der Waals surface area contributed by atoms with Gasteiger partial charge < -0.3 is 5.32 Å². The summed E-state index contributed by atoms with van der Waals surface area (Å²) in [5.74, 6) is -0.610. The molecular weight excluding hydrogens is 184 g/mol. The summed E-state index contributed by atoms with van der Waals surface area (Å²) in [6.07, 6.45) is 0. The van der Waals surface area contributed by atoms with Crippen molar-refractivity contribution < 1.29 is 9.72 Å². The number of nitrogens with zero attached hydrogens (tertiary/aromatic N) is 1. The Morgan fingerprint density at radius 3 is 2.50 bits per heavy atom. The first-order chi connectivity index (χ1) is 6.61. The number of rotatable bonds is 3. The van der Waals surface area contributed by atoms with Gasteiger partial charge in [0.05, 0.1) is 0 Å². The second-order valence-electron chi connectivity index (χ2n) is 2.82. The van der Waals surface area contributed by atoms with E-state index in [1.165, 1.54) is 6.92 Å². The minimum Gasteiger partial charge on any atom is -0.320 e. The van der Waals surface area contributed by atoms with Crippen LogP contribution in [0.1, 0.15) is 6.92 Å². The fourth-order valence-electron chi connectivity index (χ4n) is 0.864. The van der Waals surface area contributed by atoms with E-state index in [4.69, 9.17) is 0 Å². The first-order valence-electron chi connectivity index (χ1n) is 4.10. The Hall–Kier alpha value is -1.91. The van der Waals surface area contributed by atoms with Crippen LogP contribution in [0.2, 0.25) is 0 Å². The van der Waals surface area contributed by atoms with Crippen LogP contribution in [0.25, 0.3) is 0 Å². The Morgan fingerprint density at radius 1 is 1.43 bits per heavy atom. The summed E-state index contributed by atoms with van der Waals surface area (Å²) in [5, 5.41) is 12.7. The van der Waals surface area contributed by atoms with E-state index in [2.05, 4.69) is 5.32 Å².